The van der Waals surface area contributed by atoms with Gasteiger partial charge < -0.3 is 15.1 Å². The van der Waals surface area contributed by atoms with Gasteiger partial charge in [0.05, 0.1) is 6.26 Å². The van der Waals surface area contributed by atoms with Crippen molar-refractivity contribution in [2.24, 2.45) is 5.73 Å². The second-order valence-electron chi connectivity index (χ2n) is 4.71. The van der Waals surface area contributed by atoms with Gasteiger partial charge in [0.15, 0.2) is 0 Å². The summed E-state index contributed by atoms with van der Waals surface area (Å²) in [6, 6.07) is 2.38. The summed E-state index contributed by atoms with van der Waals surface area (Å²) in [7, 11) is 2.15. The number of nitrogens with two attached hydrogens (primary N) is 1. The van der Waals surface area contributed by atoms with Crippen molar-refractivity contribution >= 4 is 0 Å². The number of hydrogen-bond donors (Lipinski definition) is 1. The predicted molar refractivity (Wildman–Crippen MR) is 67.3 cm³/mol. The molecular weight excluding hydrogens is 200 g/mol. The Morgan fingerprint density at radius 3 is 2.75 bits per heavy atom. The van der Waals surface area contributed by atoms with E-state index in [1.807, 2.05) is 13.0 Å². The highest BCUT2D eigenvalue weighted by Gasteiger charge is 2.05. The molecule has 0 aliphatic heterocycles. The van der Waals surface area contributed by atoms with Crippen molar-refractivity contribution in [2.45, 2.75) is 45.7 Å². The maximum Gasteiger partial charge on any atom is 0.105 e. The van der Waals surface area contributed by atoms with Gasteiger partial charge in [-0.3, -0.25) is 0 Å². The molecule has 0 radical (unpaired) electrons. The van der Waals surface area contributed by atoms with E-state index in [-0.39, 0.29) is 0 Å². The lowest BCUT2D eigenvalue weighted by Crippen LogP contribution is -2.20. The third-order valence-electron chi connectivity index (χ3n) is 2.86. The number of nitrogens with zero attached hydrogens (tertiary/aromatic N) is 1. The Balaban J connectivity index is 2.16. The number of hydrogen-bond acceptors (Lipinski definition) is 3. The van der Waals surface area contributed by atoms with E-state index in [0.29, 0.717) is 6.04 Å². The lowest BCUT2D eigenvalue weighted by molar-refractivity contribution is 0.313. The predicted octanol–water partition coefficient (Wildman–Crippen LogP) is 2.54. The van der Waals surface area contributed by atoms with Gasteiger partial charge in [-0.1, -0.05) is 6.42 Å². The van der Waals surface area contributed by atoms with Crippen LogP contribution in [0.1, 0.15) is 37.5 Å². The fourth-order valence-electron chi connectivity index (χ4n) is 1.79. The first-order valence-corrected chi connectivity index (χ1v) is 6.06. The van der Waals surface area contributed by atoms with Crippen molar-refractivity contribution < 1.29 is 4.42 Å². The van der Waals surface area contributed by atoms with E-state index in [9.17, 15) is 0 Å². The largest absolute Gasteiger partial charge is 0.469 e. The van der Waals surface area contributed by atoms with E-state index in [0.717, 1.165) is 25.3 Å². The summed E-state index contributed by atoms with van der Waals surface area (Å²) in [4.78, 5) is 2.33. The second-order valence-corrected chi connectivity index (χ2v) is 4.71. The van der Waals surface area contributed by atoms with E-state index in [1.165, 1.54) is 18.4 Å². The Labute approximate surface area is 98.6 Å². The number of rotatable bonds is 7. The van der Waals surface area contributed by atoms with E-state index < -0.39 is 0 Å². The summed E-state index contributed by atoms with van der Waals surface area (Å²) < 4.78 is 5.28. The molecule has 3 heteroatoms. The van der Waals surface area contributed by atoms with Crippen LogP contribution in [-0.2, 0) is 6.54 Å². The van der Waals surface area contributed by atoms with E-state index in [2.05, 4.69) is 18.9 Å². The van der Waals surface area contributed by atoms with Crippen LogP contribution in [0.25, 0.3) is 0 Å². The Morgan fingerprint density at radius 2 is 2.19 bits per heavy atom. The minimum atomic E-state index is 0.335. The quantitative estimate of drug-likeness (QED) is 0.724. The summed E-state index contributed by atoms with van der Waals surface area (Å²) in [6.45, 7) is 6.18. The molecule has 0 bridgehead atoms. The van der Waals surface area contributed by atoms with E-state index >= 15 is 0 Å². The van der Waals surface area contributed by atoms with Crippen molar-refractivity contribution in [2.75, 3.05) is 13.6 Å². The van der Waals surface area contributed by atoms with E-state index in [4.69, 9.17) is 10.2 Å². The van der Waals surface area contributed by atoms with E-state index in [1.54, 1.807) is 6.26 Å². The first-order chi connectivity index (χ1) is 7.59. The fraction of sp³-hybridized carbons (Fsp3) is 0.692. The topological polar surface area (TPSA) is 42.4 Å². The Morgan fingerprint density at radius 1 is 1.44 bits per heavy atom. The van der Waals surface area contributed by atoms with Crippen LogP contribution in [-0.4, -0.2) is 24.5 Å². The Bertz CT molecular complexity index is 294. The molecule has 0 aliphatic carbocycles. The maximum atomic E-state index is 5.71. The molecule has 1 atom stereocenters. The third-order valence-corrected chi connectivity index (χ3v) is 2.86. The summed E-state index contributed by atoms with van der Waals surface area (Å²) >= 11 is 0. The van der Waals surface area contributed by atoms with Crippen LogP contribution >= 0.6 is 0 Å². The lowest BCUT2D eigenvalue weighted by Gasteiger charge is -2.16. The molecule has 1 aromatic heterocycles. The highest BCUT2D eigenvalue weighted by molar-refractivity contribution is 5.14. The molecule has 0 saturated heterocycles. The van der Waals surface area contributed by atoms with Gasteiger partial charge in [-0.25, -0.2) is 0 Å². The molecule has 0 spiro atoms. The minimum Gasteiger partial charge on any atom is -0.469 e. The van der Waals surface area contributed by atoms with Gasteiger partial charge in [-0.05, 0) is 46.3 Å². The molecule has 1 heterocycles. The normalized spacial score (nSPS) is 13.3. The summed E-state index contributed by atoms with van der Waals surface area (Å²) in [5.74, 6) is 1.03. The van der Waals surface area contributed by atoms with Crippen LogP contribution in [0.5, 0.6) is 0 Å². The lowest BCUT2D eigenvalue weighted by atomic mass is 10.1. The van der Waals surface area contributed by atoms with Gasteiger partial charge in [-0.2, -0.15) is 0 Å². The summed E-state index contributed by atoms with van der Waals surface area (Å²) in [5, 5.41) is 0. The summed E-state index contributed by atoms with van der Waals surface area (Å²) in [5.41, 5.74) is 7.00. The standard InChI is InChI=1S/C13H24N2O/c1-11(14)6-4-5-8-15(3)10-13-7-9-16-12(13)2/h7,9,11H,4-6,8,10,14H2,1-3H3. The minimum absolute atomic E-state index is 0.335. The molecule has 0 saturated carbocycles. The zero-order valence-electron chi connectivity index (χ0n) is 10.7. The number of aryl methyl sites for hydroxylation is 1. The van der Waals surface area contributed by atoms with Crippen LogP contribution < -0.4 is 5.73 Å². The molecule has 0 amide bonds. The van der Waals surface area contributed by atoms with Gasteiger partial charge in [0.2, 0.25) is 0 Å². The molecular formula is C13H24N2O. The Kier molecular flexibility index (Phi) is 5.56. The molecule has 1 unspecified atom stereocenters. The van der Waals surface area contributed by atoms with Crippen LogP contribution in [0.2, 0.25) is 0 Å². The molecule has 16 heavy (non-hydrogen) atoms. The molecule has 1 aromatic rings. The van der Waals surface area contributed by atoms with Gasteiger partial charge in [-0.15, -0.1) is 0 Å². The fourth-order valence-corrected chi connectivity index (χ4v) is 1.79. The highest BCUT2D eigenvalue weighted by Crippen LogP contribution is 2.11. The monoisotopic (exact) mass is 224 g/mol. The molecule has 1 rings (SSSR count). The van der Waals surface area contributed by atoms with Gasteiger partial charge >= 0.3 is 0 Å². The molecule has 2 N–H and O–H groups in total. The third kappa shape index (κ3) is 4.81. The first-order valence-electron chi connectivity index (χ1n) is 6.06. The average molecular weight is 224 g/mol. The SMILES string of the molecule is Cc1occc1CN(C)CCCCC(C)N. The van der Waals surface area contributed by atoms with Crippen LogP contribution in [0, 0.1) is 6.92 Å². The summed E-state index contributed by atoms with van der Waals surface area (Å²) in [6.07, 6.45) is 5.31. The van der Waals surface area contributed by atoms with Crippen LogP contribution in [0.15, 0.2) is 16.7 Å². The van der Waals surface area contributed by atoms with Crippen LogP contribution in [0.3, 0.4) is 0 Å². The average Bonchev–Trinajstić information content (AvgIpc) is 2.59. The van der Waals surface area contributed by atoms with Gasteiger partial charge in [0.1, 0.15) is 5.76 Å². The molecule has 0 fully saturated rings. The zero-order valence-corrected chi connectivity index (χ0v) is 10.7. The molecule has 92 valence electrons. The number of furan rings is 1. The van der Waals surface area contributed by atoms with Crippen molar-refractivity contribution in [3.63, 3.8) is 0 Å². The second kappa shape index (κ2) is 6.71. The maximum absolute atomic E-state index is 5.71. The first kappa shape index (κ1) is 13.3. The zero-order chi connectivity index (χ0) is 12.0. The number of unbranched alkanes of at least 4 members (excludes halogenated alkanes) is 1. The highest BCUT2D eigenvalue weighted by atomic mass is 16.3. The van der Waals surface area contributed by atoms with Crippen molar-refractivity contribution in [1.82, 2.24) is 4.90 Å². The van der Waals surface area contributed by atoms with Gasteiger partial charge in [0.25, 0.3) is 0 Å². The van der Waals surface area contributed by atoms with Crippen LogP contribution in [0.4, 0.5) is 0 Å². The Hall–Kier alpha value is -0.800. The van der Waals surface area contributed by atoms with Crippen molar-refractivity contribution in [3.8, 4) is 0 Å². The smallest absolute Gasteiger partial charge is 0.105 e. The molecule has 0 aromatic carbocycles. The van der Waals surface area contributed by atoms with Gasteiger partial charge in [0, 0.05) is 18.2 Å². The molecule has 0 aliphatic rings. The molecule has 3 nitrogen and oxygen atoms in total. The van der Waals surface area contributed by atoms with Crippen molar-refractivity contribution in [1.29, 1.82) is 0 Å². The van der Waals surface area contributed by atoms with Crippen molar-refractivity contribution in [3.05, 3.63) is 23.7 Å².